The molecule has 0 heterocycles. The van der Waals surface area contributed by atoms with Crippen LogP contribution in [0.5, 0.6) is 0 Å². The lowest BCUT2D eigenvalue weighted by atomic mass is 10.0. The normalized spacial score (nSPS) is 13.0. The predicted octanol–water partition coefficient (Wildman–Crippen LogP) is 3.39. The van der Waals surface area contributed by atoms with Crippen LogP contribution in [-0.4, -0.2) is 33.0 Å². The summed E-state index contributed by atoms with van der Waals surface area (Å²) in [6.45, 7) is 1.87. The standard InChI is InChI=1S/C18H20N2O4S/c1-13(10-11-25(2)24)19-16-9-8-15(12-17(16)20(22)23)18(21)14-6-4-3-5-7-14/h3-9,12-13,19H,10-11H2,1-2H3/t13-,25-/m0/s1. The summed E-state index contributed by atoms with van der Waals surface area (Å²) in [4.78, 5) is 23.3. The van der Waals surface area contributed by atoms with Crippen molar-refractivity contribution in [1.29, 1.82) is 0 Å². The number of nitrogens with zero attached hydrogens (tertiary/aromatic N) is 1. The second-order valence-electron chi connectivity index (χ2n) is 5.80. The number of carbonyl (C=O) groups excluding carboxylic acids is 1. The summed E-state index contributed by atoms with van der Waals surface area (Å²) in [6.07, 6.45) is 2.25. The van der Waals surface area contributed by atoms with E-state index in [0.717, 1.165) is 0 Å². The maximum atomic E-state index is 12.5. The molecule has 0 bridgehead atoms. The van der Waals surface area contributed by atoms with Gasteiger partial charge in [-0.3, -0.25) is 19.1 Å². The molecule has 0 unspecified atom stereocenters. The number of nitrogens with one attached hydrogen (secondary N) is 1. The molecule has 0 aliphatic heterocycles. The summed E-state index contributed by atoms with van der Waals surface area (Å²) < 4.78 is 11.2. The zero-order chi connectivity index (χ0) is 18.4. The molecule has 0 spiro atoms. The third-order valence-corrected chi connectivity index (χ3v) is 4.54. The molecule has 2 rings (SSSR count). The van der Waals surface area contributed by atoms with Crippen molar-refractivity contribution in [1.82, 2.24) is 0 Å². The molecule has 0 aliphatic carbocycles. The van der Waals surface area contributed by atoms with Crippen LogP contribution in [0.1, 0.15) is 29.3 Å². The van der Waals surface area contributed by atoms with E-state index in [2.05, 4.69) is 5.32 Å². The zero-order valence-corrected chi connectivity index (χ0v) is 14.9. The van der Waals surface area contributed by atoms with Gasteiger partial charge in [0.05, 0.1) is 4.92 Å². The highest BCUT2D eigenvalue weighted by molar-refractivity contribution is 7.84. The number of hydrogen-bond acceptors (Lipinski definition) is 5. The smallest absolute Gasteiger partial charge is 0.293 e. The van der Waals surface area contributed by atoms with Gasteiger partial charge in [0.1, 0.15) is 5.69 Å². The average Bonchev–Trinajstić information content (AvgIpc) is 2.60. The third-order valence-electron chi connectivity index (χ3n) is 3.73. The number of rotatable bonds is 8. The van der Waals surface area contributed by atoms with Crippen molar-refractivity contribution in [2.24, 2.45) is 0 Å². The van der Waals surface area contributed by atoms with Gasteiger partial charge in [-0.1, -0.05) is 30.3 Å². The maximum Gasteiger partial charge on any atom is 0.293 e. The Morgan fingerprint density at radius 1 is 1.20 bits per heavy atom. The Morgan fingerprint density at radius 2 is 1.88 bits per heavy atom. The van der Waals surface area contributed by atoms with E-state index in [1.807, 2.05) is 6.92 Å². The fraction of sp³-hybridized carbons (Fsp3) is 0.278. The van der Waals surface area contributed by atoms with Crippen LogP contribution in [-0.2, 0) is 10.8 Å². The lowest BCUT2D eigenvalue weighted by Gasteiger charge is -2.15. The number of nitro groups is 1. The van der Waals surface area contributed by atoms with E-state index in [1.54, 1.807) is 48.7 Å². The van der Waals surface area contributed by atoms with E-state index in [9.17, 15) is 19.1 Å². The second kappa shape index (κ2) is 8.53. The minimum absolute atomic E-state index is 0.0710. The molecule has 0 saturated carbocycles. The van der Waals surface area contributed by atoms with Crippen LogP contribution < -0.4 is 5.32 Å². The maximum absolute atomic E-state index is 12.5. The van der Waals surface area contributed by atoms with Gasteiger partial charge in [-0.15, -0.1) is 0 Å². The van der Waals surface area contributed by atoms with E-state index in [0.29, 0.717) is 23.4 Å². The summed E-state index contributed by atoms with van der Waals surface area (Å²) in [5.74, 6) is 0.261. The van der Waals surface area contributed by atoms with Crippen molar-refractivity contribution in [3.8, 4) is 0 Å². The first kappa shape index (κ1) is 18.8. The molecular formula is C18H20N2O4S. The summed E-state index contributed by atoms with van der Waals surface area (Å²) in [7, 11) is -0.908. The van der Waals surface area contributed by atoms with Crippen LogP contribution in [0.2, 0.25) is 0 Å². The van der Waals surface area contributed by atoms with Crippen LogP contribution in [0.25, 0.3) is 0 Å². The first-order valence-electron chi connectivity index (χ1n) is 7.83. The van der Waals surface area contributed by atoms with Crippen molar-refractivity contribution in [2.75, 3.05) is 17.3 Å². The van der Waals surface area contributed by atoms with E-state index >= 15 is 0 Å². The number of benzene rings is 2. The van der Waals surface area contributed by atoms with Crippen molar-refractivity contribution >= 4 is 28.0 Å². The van der Waals surface area contributed by atoms with Gasteiger partial charge in [-0.25, -0.2) is 0 Å². The number of ketones is 1. The first-order chi connectivity index (χ1) is 11.9. The SMILES string of the molecule is C[C@@H](CC[S@](C)=O)Nc1ccc(C(=O)c2ccccc2)cc1[N+](=O)[O-]. The minimum Gasteiger partial charge on any atom is -0.377 e. The van der Waals surface area contributed by atoms with E-state index in [1.165, 1.54) is 6.07 Å². The van der Waals surface area contributed by atoms with Gasteiger partial charge in [0.25, 0.3) is 5.69 Å². The fourth-order valence-electron chi connectivity index (χ4n) is 2.38. The lowest BCUT2D eigenvalue weighted by Crippen LogP contribution is -2.18. The quantitative estimate of drug-likeness (QED) is 0.443. The Labute approximate surface area is 148 Å². The van der Waals surface area contributed by atoms with E-state index in [-0.39, 0.29) is 23.1 Å². The second-order valence-corrected chi connectivity index (χ2v) is 7.35. The third kappa shape index (κ3) is 5.22. The van der Waals surface area contributed by atoms with Crippen LogP contribution in [0.4, 0.5) is 11.4 Å². The number of nitro benzene ring substituents is 1. The Kier molecular flexibility index (Phi) is 6.41. The molecule has 0 aromatic heterocycles. The summed E-state index contributed by atoms with van der Waals surface area (Å²) in [6, 6.07) is 13.0. The fourth-order valence-corrected chi connectivity index (χ4v) is 3.07. The van der Waals surface area contributed by atoms with Gasteiger partial charge in [-0.2, -0.15) is 0 Å². The molecule has 0 amide bonds. The van der Waals surface area contributed by atoms with Crippen molar-refractivity contribution in [2.45, 2.75) is 19.4 Å². The van der Waals surface area contributed by atoms with Crippen molar-refractivity contribution < 1.29 is 13.9 Å². The summed E-state index contributed by atoms with van der Waals surface area (Å²) in [5, 5.41) is 14.5. The molecule has 25 heavy (non-hydrogen) atoms. The molecule has 0 fully saturated rings. The number of hydrogen-bond donors (Lipinski definition) is 1. The molecule has 2 atom stereocenters. The van der Waals surface area contributed by atoms with Crippen LogP contribution in [0, 0.1) is 10.1 Å². The Hall–Kier alpha value is -2.54. The Morgan fingerprint density at radius 3 is 2.48 bits per heavy atom. The summed E-state index contributed by atoms with van der Waals surface area (Å²) in [5.41, 5.74) is 0.956. The predicted molar refractivity (Wildman–Crippen MR) is 99.6 cm³/mol. The van der Waals surface area contributed by atoms with Gasteiger partial charge in [0.2, 0.25) is 0 Å². The molecular weight excluding hydrogens is 340 g/mol. The molecule has 0 radical (unpaired) electrons. The van der Waals surface area contributed by atoms with Crippen molar-refractivity contribution in [3.63, 3.8) is 0 Å². The number of anilines is 1. The van der Waals surface area contributed by atoms with Gasteiger partial charge in [0, 0.05) is 46.0 Å². The molecule has 2 aromatic rings. The highest BCUT2D eigenvalue weighted by Gasteiger charge is 2.19. The van der Waals surface area contributed by atoms with Crippen LogP contribution in [0.15, 0.2) is 48.5 Å². The zero-order valence-electron chi connectivity index (χ0n) is 14.1. The average molecular weight is 360 g/mol. The van der Waals surface area contributed by atoms with Gasteiger partial charge >= 0.3 is 0 Å². The molecule has 2 aromatic carbocycles. The summed E-state index contributed by atoms with van der Waals surface area (Å²) >= 11 is 0. The Balaban J connectivity index is 2.24. The molecule has 132 valence electrons. The first-order valence-corrected chi connectivity index (χ1v) is 9.56. The Bertz CT molecular complexity index is 793. The van der Waals surface area contributed by atoms with Gasteiger partial charge in [-0.05, 0) is 25.5 Å². The van der Waals surface area contributed by atoms with E-state index in [4.69, 9.17) is 0 Å². The number of carbonyl (C=O) groups is 1. The highest BCUT2D eigenvalue weighted by Crippen LogP contribution is 2.27. The molecule has 0 aliphatic rings. The van der Waals surface area contributed by atoms with Crippen molar-refractivity contribution in [3.05, 3.63) is 69.8 Å². The lowest BCUT2D eigenvalue weighted by molar-refractivity contribution is -0.384. The molecule has 1 N–H and O–H groups in total. The topological polar surface area (TPSA) is 89.3 Å². The van der Waals surface area contributed by atoms with Crippen LogP contribution >= 0.6 is 0 Å². The van der Waals surface area contributed by atoms with Gasteiger partial charge < -0.3 is 5.32 Å². The van der Waals surface area contributed by atoms with E-state index < -0.39 is 15.7 Å². The molecule has 6 nitrogen and oxygen atoms in total. The highest BCUT2D eigenvalue weighted by atomic mass is 32.2. The van der Waals surface area contributed by atoms with Crippen LogP contribution in [0.3, 0.4) is 0 Å². The largest absolute Gasteiger partial charge is 0.377 e. The van der Waals surface area contributed by atoms with Gasteiger partial charge in [0.15, 0.2) is 5.78 Å². The molecule has 7 heteroatoms. The monoisotopic (exact) mass is 360 g/mol. The molecule has 0 saturated heterocycles. The minimum atomic E-state index is -0.908.